The zero-order chi connectivity index (χ0) is 15.4. The van der Waals surface area contributed by atoms with Gasteiger partial charge in [0.05, 0.1) is 11.3 Å². The molecule has 0 saturated heterocycles. The molecular formula is C14H17N5OS. The van der Waals surface area contributed by atoms with Gasteiger partial charge in [-0.3, -0.25) is 15.2 Å². The van der Waals surface area contributed by atoms with Crippen LogP contribution in [0.5, 0.6) is 0 Å². The monoisotopic (exact) mass is 303 g/mol. The number of amides is 1. The summed E-state index contributed by atoms with van der Waals surface area (Å²) >= 11 is 1.52. The maximum Gasteiger partial charge on any atom is 0.266 e. The highest BCUT2D eigenvalue weighted by Gasteiger charge is 2.07. The van der Waals surface area contributed by atoms with Crippen LogP contribution in [0.15, 0.2) is 23.5 Å². The van der Waals surface area contributed by atoms with E-state index in [9.17, 15) is 4.79 Å². The Morgan fingerprint density at radius 3 is 2.43 bits per heavy atom. The van der Waals surface area contributed by atoms with E-state index >= 15 is 0 Å². The Morgan fingerprint density at radius 1 is 1.24 bits per heavy atom. The summed E-state index contributed by atoms with van der Waals surface area (Å²) in [5, 5.41) is 0.737. The lowest BCUT2D eigenvalue weighted by molar-refractivity contribution is 0.0953. The van der Waals surface area contributed by atoms with Crippen LogP contribution in [0.4, 0.5) is 0 Å². The van der Waals surface area contributed by atoms with Crippen molar-refractivity contribution in [2.75, 3.05) is 0 Å². The molecule has 2 aromatic rings. The van der Waals surface area contributed by atoms with Crippen molar-refractivity contribution >= 4 is 17.7 Å². The van der Waals surface area contributed by atoms with Gasteiger partial charge in [-0.25, -0.2) is 15.8 Å². The molecule has 0 fully saturated rings. The summed E-state index contributed by atoms with van der Waals surface area (Å²) in [6.07, 6.45) is 1.50. The van der Waals surface area contributed by atoms with Crippen molar-refractivity contribution in [1.29, 1.82) is 0 Å². The van der Waals surface area contributed by atoms with E-state index in [0.29, 0.717) is 11.3 Å². The van der Waals surface area contributed by atoms with Crippen LogP contribution in [0.2, 0.25) is 0 Å². The molecule has 7 heteroatoms. The van der Waals surface area contributed by atoms with E-state index in [0.717, 1.165) is 27.8 Å². The maximum absolute atomic E-state index is 11.3. The van der Waals surface area contributed by atoms with E-state index in [1.807, 2.05) is 20.8 Å². The maximum atomic E-state index is 11.3. The van der Waals surface area contributed by atoms with Gasteiger partial charge in [-0.15, -0.1) is 0 Å². The number of hydrazine groups is 1. The topological polar surface area (TPSA) is 93.8 Å². The Kier molecular flexibility index (Phi) is 4.87. The molecule has 6 nitrogen and oxygen atoms in total. The summed E-state index contributed by atoms with van der Waals surface area (Å²) in [6, 6.07) is 3.49. The average Bonchev–Trinajstić information content (AvgIpc) is 2.50. The van der Waals surface area contributed by atoms with Gasteiger partial charge in [0.25, 0.3) is 5.91 Å². The molecule has 0 atom stereocenters. The summed E-state index contributed by atoms with van der Waals surface area (Å²) in [5.74, 6) is 5.36. The van der Waals surface area contributed by atoms with E-state index in [-0.39, 0.29) is 5.91 Å². The number of aromatic nitrogens is 3. The molecule has 1 amide bonds. The van der Waals surface area contributed by atoms with Crippen molar-refractivity contribution in [2.24, 2.45) is 5.84 Å². The third-order valence-corrected chi connectivity index (χ3v) is 4.06. The predicted molar refractivity (Wildman–Crippen MR) is 81.7 cm³/mol. The van der Waals surface area contributed by atoms with Gasteiger partial charge in [-0.2, -0.15) is 0 Å². The van der Waals surface area contributed by atoms with Crippen molar-refractivity contribution in [1.82, 2.24) is 20.4 Å². The van der Waals surface area contributed by atoms with Crippen LogP contribution in [-0.4, -0.2) is 20.9 Å². The van der Waals surface area contributed by atoms with Gasteiger partial charge in [-0.05, 0) is 38.5 Å². The Bertz CT molecular complexity index is 634. The van der Waals surface area contributed by atoms with E-state index in [2.05, 4.69) is 20.4 Å². The summed E-state index contributed by atoms with van der Waals surface area (Å²) in [5.41, 5.74) is 6.47. The van der Waals surface area contributed by atoms with Crippen LogP contribution in [0.1, 0.15) is 33.0 Å². The van der Waals surface area contributed by atoms with Crippen LogP contribution in [-0.2, 0) is 5.75 Å². The van der Waals surface area contributed by atoms with Crippen LogP contribution < -0.4 is 11.3 Å². The molecule has 0 aliphatic rings. The first kappa shape index (κ1) is 15.4. The molecular weight excluding hydrogens is 286 g/mol. The molecule has 0 bridgehead atoms. The number of nitrogens with zero attached hydrogens (tertiary/aromatic N) is 3. The third-order valence-electron chi connectivity index (χ3n) is 3.18. The van der Waals surface area contributed by atoms with Crippen LogP contribution in [0.25, 0.3) is 0 Å². The number of hydrogen-bond acceptors (Lipinski definition) is 6. The van der Waals surface area contributed by atoms with Gasteiger partial charge in [0.2, 0.25) is 0 Å². The number of thioether (sulfide) groups is 1. The van der Waals surface area contributed by atoms with Crippen molar-refractivity contribution in [3.8, 4) is 0 Å². The second-order valence-electron chi connectivity index (χ2n) is 4.60. The molecule has 0 radical (unpaired) electrons. The number of hydrogen-bond donors (Lipinski definition) is 2. The fraction of sp³-hybridized carbons (Fsp3) is 0.286. The molecule has 0 spiro atoms. The van der Waals surface area contributed by atoms with Gasteiger partial charge in [-0.1, -0.05) is 11.8 Å². The van der Waals surface area contributed by atoms with E-state index in [1.54, 1.807) is 12.1 Å². The largest absolute Gasteiger partial charge is 0.290 e. The number of nitrogen functional groups attached to an aromatic ring is 1. The molecule has 21 heavy (non-hydrogen) atoms. The zero-order valence-corrected chi connectivity index (χ0v) is 13.0. The molecule has 0 aromatic carbocycles. The minimum atomic E-state index is -0.352. The van der Waals surface area contributed by atoms with Crippen molar-refractivity contribution in [2.45, 2.75) is 31.7 Å². The highest BCUT2D eigenvalue weighted by Crippen LogP contribution is 2.20. The van der Waals surface area contributed by atoms with Crippen molar-refractivity contribution in [3.05, 3.63) is 46.5 Å². The van der Waals surface area contributed by atoms with Gasteiger partial charge < -0.3 is 0 Å². The van der Waals surface area contributed by atoms with Crippen LogP contribution in [0.3, 0.4) is 0 Å². The number of carbonyl (C=O) groups excluding carboxylic acids is 1. The van der Waals surface area contributed by atoms with E-state index in [1.165, 1.54) is 18.0 Å². The van der Waals surface area contributed by atoms with Crippen LogP contribution in [0, 0.1) is 20.8 Å². The summed E-state index contributed by atoms with van der Waals surface area (Å²) in [6.45, 7) is 5.97. The Hall–Kier alpha value is -1.99. The fourth-order valence-corrected chi connectivity index (χ4v) is 2.52. The second-order valence-corrected chi connectivity index (χ2v) is 5.54. The predicted octanol–water partition coefficient (Wildman–Crippen LogP) is 1.69. The number of aryl methyl sites for hydroxylation is 2. The second kappa shape index (κ2) is 6.64. The number of rotatable bonds is 4. The lowest BCUT2D eigenvalue weighted by Crippen LogP contribution is -2.30. The Labute approximate surface area is 127 Å². The number of nitrogens with one attached hydrogen (secondary N) is 1. The minimum Gasteiger partial charge on any atom is -0.290 e. The highest BCUT2D eigenvalue weighted by atomic mass is 32.2. The van der Waals surface area contributed by atoms with E-state index in [4.69, 9.17) is 5.84 Å². The summed E-state index contributed by atoms with van der Waals surface area (Å²) < 4.78 is 0. The highest BCUT2D eigenvalue weighted by molar-refractivity contribution is 7.98. The Balaban J connectivity index is 2.05. The molecule has 2 aromatic heterocycles. The van der Waals surface area contributed by atoms with E-state index < -0.39 is 0 Å². The number of carbonyl (C=O) groups is 1. The Morgan fingerprint density at radius 2 is 1.90 bits per heavy atom. The lowest BCUT2D eigenvalue weighted by Gasteiger charge is -2.06. The summed E-state index contributed by atoms with van der Waals surface area (Å²) in [7, 11) is 0. The third kappa shape index (κ3) is 3.77. The van der Waals surface area contributed by atoms with Crippen molar-refractivity contribution in [3.63, 3.8) is 0 Å². The molecule has 0 aliphatic carbocycles. The molecule has 2 rings (SSSR count). The minimum absolute atomic E-state index is 0.352. The van der Waals surface area contributed by atoms with Gasteiger partial charge in [0.15, 0.2) is 5.16 Å². The van der Waals surface area contributed by atoms with Crippen LogP contribution >= 0.6 is 11.8 Å². The molecule has 0 aliphatic heterocycles. The molecule has 0 saturated carbocycles. The normalized spacial score (nSPS) is 10.5. The summed E-state index contributed by atoms with van der Waals surface area (Å²) in [4.78, 5) is 24.4. The number of pyridine rings is 1. The quantitative estimate of drug-likeness (QED) is 0.293. The van der Waals surface area contributed by atoms with Gasteiger partial charge in [0, 0.05) is 23.3 Å². The smallest absolute Gasteiger partial charge is 0.266 e. The zero-order valence-electron chi connectivity index (χ0n) is 12.2. The first-order valence-corrected chi connectivity index (χ1v) is 7.40. The van der Waals surface area contributed by atoms with Crippen molar-refractivity contribution < 1.29 is 4.79 Å². The number of nitrogens with two attached hydrogens (primary N) is 1. The lowest BCUT2D eigenvalue weighted by atomic mass is 10.2. The molecule has 0 unspecified atom stereocenters. The first-order valence-electron chi connectivity index (χ1n) is 6.41. The fourth-order valence-electron chi connectivity index (χ4n) is 1.67. The first-order chi connectivity index (χ1) is 10.0. The SMILES string of the molecule is Cc1nc(SCc2ccc(C(=O)NN)cn2)nc(C)c1C. The molecule has 3 N–H and O–H groups in total. The standard InChI is InChI=1S/C14H17N5OS/c1-8-9(2)17-14(18-10(8)3)21-7-12-5-4-11(6-16-12)13(20)19-15/h4-6H,7,15H2,1-3H3,(H,19,20). The van der Waals surface area contributed by atoms with Gasteiger partial charge in [0.1, 0.15) is 0 Å². The molecule has 2 heterocycles. The van der Waals surface area contributed by atoms with Gasteiger partial charge >= 0.3 is 0 Å². The molecule has 110 valence electrons. The average molecular weight is 303 g/mol.